The highest BCUT2D eigenvalue weighted by atomic mass is 32.1. The Morgan fingerprint density at radius 1 is 1.23 bits per heavy atom. The van der Waals surface area contributed by atoms with Crippen LogP contribution < -0.4 is 0 Å². The van der Waals surface area contributed by atoms with Crippen LogP contribution in [0, 0.1) is 0 Å². The van der Waals surface area contributed by atoms with Crippen molar-refractivity contribution < 1.29 is 5.11 Å². The summed E-state index contributed by atoms with van der Waals surface area (Å²) in [5.41, 5.74) is -0.719. The zero-order valence-electron chi connectivity index (χ0n) is 7.74. The average molecular weight is 192 g/mol. The van der Waals surface area contributed by atoms with E-state index in [0.717, 1.165) is 4.88 Å². The number of benzene rings is 1. The second kappa shape index (κ2) is 2.82. The smallest absolute Gasteiger partial charge is 0.0932 e. The molecule has 1 heterocycles. The largest absolute Gasteiger partial charge is 0.385 e. The highest BCUT2D eigenvalue weighted by Gasteiger charge is 2.18. The van der Waals surface area contributed by atoms with Crippen LogP contribution in [0.5, 0.6) is 0 Å². The summed E-state index contributed by atoms with van der Waals surface area (Å²) in [6, 6.07) is 10.2. The Kier molecular flexibility index (Phi) is 1.90. The molecule has 0 fully saturated rings. The van der Waals surface area contributed by atoms with Gasteiger partial charge in [-0.3, -0.25) is 0 Å². The lowest BCUT2D eigenvalue weighted by Gasteiger charge is -2.13. The number of rotatable bonds is 1. The summed E-state index contributed by atoms with van der Waals surface area (Å²) in [4.78, 5) is 1.02. The number of hydrogen-bond donors (Lipinski definition) is 1. The van der Waals surface area contributed by atoms with Gasteiger partial charge in [0.25, 0.3) is 0 Å². The summed E-state index contributed by atoms with van der Waals surface area (Å²) in [5, 5.41) is 11.0. The summed E-state index contributed by atoms with van der Waals surface area (Å²) in [7, 11) is 0. The van der Waals surface area contributed by atoms with E-state index in [1.54, 1.807) is 11.3 Å². The van der Waals surface area contributed by atoms with Gasteiger partial charge in [0.2, 0.25) is 0 Å². The minimum atomic E-state index is -0.719. The van der Waals surface area contributed by atoms with Gasteiger partial charge in [-0.05, 0) is 31.4 Å². The Hall–Kier alpha value is -0.860. The summed E-state index contributed by atoms with van der Waals surface area (Å²) in [6.45, 7) is 3.63. The first-order valence-electron chi connectivity index (χ1n) is 4.29. The molecular formula is C11H12OS. The molecule has 0 bridgehead atoms. The molecule has 1 aromatic carbocycles. The Balaban J connectivity index is 2.63. The predicted molar refractivity (Wildman–Crippen MR) is 57.1 cm³/mol. The number of thiophene rings is 1. The monoisotopic (exact) mass is 192 g/mol. The lowest BCUT2D eigenvalue weighted by Crippen LogP contribution is -2.12. The third-order valence-electron chi connectivity index (χ3n) is 2.03. The molecule has 2 rings (SSSR count). The van der Waals surface area contributed by atoms with Gasteiger partial charge in [-0.2, -0.15) is 0 Å². The van der Waals surface area contributed by atoms with E-state index in [-0.39, 0.29) is 0 Å². The van der Waals surface area contributed by atoms with Gasteiger partial charge in [-0.25, -0.2) is 0 Å². The van der Waals surface area contributed by atoms with Gasteiger partial charge in [-0.1, -0.05) is 18.2 Å². The molecule has 0 unspecified atom stereocenters. The molecule has 0 atom stereocenters. The second-order valence-corrected chi connectivity index (χ2v) is 4.79. The number of fused-ring (bicyclic) bond motifs is 1. The van der Waals surface area contributed by atoms with Crippen molar-refractivity contribution in [2.24, 2.45) is 0 Å². The maximum atomic E-state index is 9.80. The van der Waals surface area contributed by atoms with Gasteiger partial charge in [0.15, 0.2) is 0 Å². The first-order chi connectivity index (χ1) is 6.07. The van der Waals surface area contributed by atoms with Crippen molar-refractivity contribution in [1.29, 1.82) is 0 Å². The fourth-order valence-corrected chi connectivity index (χ4v) is 2.35. The van der Waals surface area contributed by atoms with Gasteiger partial charge in [0.1, 0.15) is 0 Å². The zero-order chi connectivity index (χ0) is 9.47. The van der Waals surface area contributed by atoms with E-state index < -0.39 is 5.60 Å². The molecule has 68 valence electrons. The van der Waals surface area contributed by atoms with E-state index in [0.29, 0.717) is 0 Å². The summed E-state index contributed by atoms with van der Waals surface area (Å²) >= 11 is 1.65. The lowest BCUT2D eigenvalue weighted by atomic mass is 10.1. The molecule has 0 aliphatic heterocycles. The first kappa shape index (κ1) is 8.73. The standard InChI is InChI=1S/C11H12OS/c1-11(2,12)10-7-8-5-3-4-6-9(8)13-10/h3-7,12H,1-2H3. The quantitative estimate of drug-likeness (QED) is 0.736. The van der Waals surface area contributed by atoms with E-state index in [9.17, 15) is 5.11 Å². The molecule has 0 spiro atoms. The first-order valence-corrected chi connectivity index (χ1v) is 5.10. The molecule has 0 radical (unpaired) electrons. The van der Waals surface area contributed by atoms with Gasteiger partial charge in [0.05, 0.1) is 5.60 Å². The molecule has 0 aliphatic rings. The van der Waals surface area contributed by atoms with Crippen molar-refractivity contribution in [1.82, 2.24) is 0 Å². The SMILES string of the molecule is CC(C)(O)c1cc2ccccc2s1. The molecule has 2 heteroatoms. The van der Waals surface area contributed by atoms with Crippen LogP contribution in [0.15, 0.2) is 30.3 Å². The third kappa shape index (κ3) is 1.60. The third-order valence-corrected chi connectivity index (χ3v) is 3.46. The number of aliphatic hydroxyl groups is 1. The second-order valence-electron chi connectivity index (χ2n) is 3.71. The Morgan fingerprint density at radius 3 is 2.54 bits per heavy atom. The Bertz CT molecular complexity index is 390. The lowest BCUT2D eigenvalue weighted by molar-refractivity contribution is 0.0826. The predicted octanol–water partition coefficient (Wildman–Crippen LogP) is 3.13. The van der Waals surface area contributed by atoms with Crippen LogP contribution in [0.2, 0.25) is 0 Å². The minimum absolute atomic E-state index is 0.719. The average Bonchev–Trinajstić information content (AvgIpc) is 2.45. The Morgan fingerprint density at radius 2 is 1.92 bits per heavy atom. The van der Waals surface area contributed by atoms with E-state index in [1.165, 1.54) is 10.1 Å². The van der Waals surface area contributed by atoms with Gasteiger partial charge in [-0.15, -0.1) is 11.3 Å². The highest BCUT2D eigenvalue weighted by Crippen LogP contribution is 2.32. The Labute approximate surface area is 81.6 Å². The summed E-state index contributed by atoms with van der Waals surface area (Å²) in [5.74, 6) is 0. The van der Waals surface area contributed by atoms with Gasteiger partial charge in [0, 0.05) is 9.58 Å². The highest BCUT2D eigenvalue weighted by molar-refractivity contribution is 7.19. The molecule has 0 saturated carbocycles. The fourth-order valence-electron chi connectivity index (χ4n) is 1.28. The molecule has 0 amide bonds. The minimum Gasteiger partial charge on any atom is -0.385 e. The molecular weight excluding hydrogens is 180 g/mol. The van der Waals surface area contributed by atoms with Crippen LogP contribution in [0.25, 0.3) is 10.1 Å². The van der Waals surface area contributed by atoms with E-state index in [1.807, 2.05) is 26.0 Å². The van der Waals surface area contributed by atoms with E-state index in [2.05, 4.69) is 18.2 Å². The molecule has 0 saturated heterocycles. The maximum absolute atomic E-state index is 9.80. The van der Waals surface area contributed by atoms with Crippen LogP contribution in [0.1, 0.15) is 18.7 Å². The topological polar surface area (TPSA) is 20.2 Å². The molecule has 2 aromatic rings. The van der Waals surface area contributed by atoms with E-state index >= 15 is 0 Å². The molecule has 0 aliphatic carbocycles. The fraction of sp³-hybridized carbons (Fsp3) is 0.273. The van der Waals surface area contributed by atoms with Crippen molar-refractivity contribution in [2.75, 3.05) is 0 Å². The van der Waals surface area contributed by atoms with E-state index in [4.69, 9.17) is 0 Å². The maximum Gasteiger partial charge on any atom is 0.0932 e. The van der Waals surface area contributed by atoms with Crippen molar-refractivity contribution in [3.63, 3.8) is 0 Å². The van der Waals surface area contributed by atoms with Crippen molar-refractivity contribution in [3.8, 4) is 0 Å². The van der Waals surface area contributed by atoms with Crippen LogP contribution in [0.4, 0.5) is 0 Å². The van der Waals surface area contributed by atoms with Crippen molar-refractivity contribution in [3.05, 3.63) is 35.2 Å². The van der Waals surface area contributed by atoms with Crippen LogP contribution in [-0.4, -0.2) is 5.11 Å². The van der Waals surface area contributed by atoms with Gasteiger partial charge >= 0.3 is 0 Å². The van der Waals surface area contributed by atoms with Crippen LogP contribution in [-0.2, 0) is 5.60 Å². The summed E-state index contributed by atoms with van der Waals surface area (Å²) in [6.07, 6.45) is 0. The van der Waals surface area contributed by atoms with Crippen LogP contribution in [0.3, 0.4) is 0 Å². The van der Waals surface area contributed by atoms with Gasteiger partial charge < -0.3 is 5.11 Å². The molecule has 13 heavy (non-hydrogen) atoms. The normalized spacial score (nSPS) is 12.2. The molecule has 1 nitrogen and oxygen atoms in total. The van der Waals surface area contributed by atoms with Crippen molar-refractivity contribution >= 4 is 21.4 Å². The van der Waals surface area contributed by atoms with Crippen LogP contribution >= 0.6 is 11.3 Å². The number of hydrogen-bond acceptors (Lipinski definition) is 2. The summed E-state index contributed by atoms with van der Waals surface area (Å²) < 4.78 is 1.24. The molecule has 1 N–H and O–H groups in total. The molecule has 1 aromatic heterocycles. The van der Waals surface area contributed by atoms with Crippen molar-refractivity contribution in [2.45, 2.75) is 19.4 Å². The zero-order valence-corrected chi connectivity index (χ0v) is 8.56.